The van der Waals surface area contributed by atoms with Crippen LogP contribution in [0.1, 0.15) is 15.9 Å². The highest BCUT2D eigenvalue weighted by molar-refractivity contribution is 5.90. The van der Waals surface area contributed by atoms with Crippen molar-refractivity contribution in [1.29, 1.82) is 0 Å². The summed E-state index contributed by atoms with van der Waals surface area (Å²) in [7, 11) is 0. The summed E-state index contributed by atoms with van der Waals surface area (Å²) < 4.78 is 27.6. The van der Waals surface area contributed by atoms with E-state index in [1.165, 1.54) is 13.0 Å². The third-order valence-corrected chi connectivity index (χ3v) is 2.68. The molecule has 0 heterocycles. The SMILES string of the molecule is Cc1cc(-c2ccccc2)c(F)c(C(=O)O)c1F. The number of carbonyl (C=O) groups is 1. The van der Waals surface area contributed by atoms with Crippen molar-refractivity contribution in [2.24, 2.45) is 0 Å². The number of hydrogen-bond acceptors (Lipinski definition) is 1. The van der Waals surface area contributed by atoms with Gasteiger partial charge in [0.25, 0.3) is 0 Å². The van der Waals surface area contributed by atoms with Crippen molar-refractivity contribution in [3.05, 3.63) is 59.2 Å². The van der Waals surface area contributed by atoms with E-state index >= 15 is 0 Å². The molecule has 0 aliphatic carbocycles. The van der Waals surface area contributed by atoms with Crippen molar-refractivity contribution >= 4 is 5.97 Å². The van der Waals surface area contributed by atoms with Crippen LogP contribution in [0.5, 0.6) is 0 Å². The predicted octanol–water partition coefficient (Wildman–Crippen LogP) is 3.64. The fourth-order valence-corrected chi connectivity index (χ4v) is 1.79. The molecule has 0 aliphatic heterocycles. The first-order valence-electron chi connectivity index (χ1n) is 5.29. The van der Waals surface area contributed by atoms with Crippen molar-refractivity contribution in [3.63, 3.8) is 0 Å². The number of hydrogen-bond donors (Lipinski definition) is 1. The van der Waals surface area contributed by atoms with Gasteiger partial charge >= 0.3 is 5.97 Å². The fraction of sp³-hybridized carbons (Fsp3) is 0.0714. The van der Waals surface area contributed by atoms with Gasteiger partial charge in [0.15, 0.2) is 0 Å². The summed E-state index contributed by atoms with van der Waals surface area (Å²) in [5.41, 5.74) is -0.200. The Morgan fingerprint density at radius 2 is 1.72 bits per heavy atom. The lowest BCUT2D eigenvalue weighted by Crippen LogP contribution is -2.07. The van der Waals surface area contributed by atoms with Gasteiger partial charge in [-0.05, 0) is 24.1 Å². The Bertz CT molecular complexity index is 607. The summed E-state index contributed by atoms with van der Waals surface area (Å²) >= 11 is 0. The number of aromatic carboxylic acids is 1. The van der Waals surface area contributed by atoms with Gasteiger partial charge in [-0.3, -0.25) is 0 Å². The van der Waals surface area contributed by atoms with Crippen LogP contribution in [0.3, 0.4) is 0 Å². The second-order valence-corrected chi connectivity index (χ2v) is 3.92. The van der Waals surface area contributed by atoms with Gasteiger partial charge in [0, 0.05) is 5.56 Å². The normalized spacial score (nSPS) is 10.4. The Kier molecular flexibility index (Phi) is 3.10. The summed E-state index contributed by atoms with van der Waals surface area (Å²) in [5, 5.41) is 8.86. The lowest BCUT2D eigenvalue weighted by Gasteiger charge is -2.09. The summed E-state index contributed by atoms with van der Waals surface area (Å²) in [6.45, 7) is 1.41. The van der Waals surface area contributed by atoms with E-state index in [0.717, 1.165) is 0 Å². The number of halogens is 2. The quantitative estimate of drug-likeness (QED) is 0.880. The minimum Gasteiger partial charge on any atom is -0.477 e. The van der Waals surface area contributed by atoms with Gasteiger partial charge in [0.05, 0.1) is 0 Å². The molecule has 0 unspecified atom stereocenters. The highest BCUT2D eigenvalue weighted by Gasteiger charge is 2.22. The molecule has 1 N–H and O–H groups in total. The van der Waals surface area contributed by atoms with E-state index in [1.807, 2.05) is 0 Å². The average molecular weight is 248 g/mol. The third kappa shape index (κ3) is 1.97. The molecule has 0 amide bonds. The maximum Gasteiger partial charge on any atom is 0.341 e. The van der Waals surface area contributed by atoms with Crippen LogP contribution < -0.4 is 0 Å². The lowest BCUT2D eigenvalue weighted by atomic mass is 9.98. The van der Waals surface area contributed by atoms with Crippen LogP contribution in [0, 0.1) is 18.6 Å². The molecule has 0 saturated heterocycles. The Balaban J connectivity index is 2.75. The van der Waals surface area contributed by atoms with Crippen molar-refractivity contribution in [3.8, 4) is 11.1 Å². The van der Waals surface area contributed by atoms with Crippen LogP contribution in [-0.2, 0) is 0 Å². The van der Waals surface area contributed by atoms with Gasteiger partial charge < -0.3 is 5.11 Å². The van der Waals surface area contributed by atoms with Crippen molar-refractivity contribution in [1.82, 2.24) is 0 Å². The molecule has 2 aromatic carbocycles. The van der Waals surface area contributed by atoms with Crippen LogP contribution in [0.2, 0.25) is 0 Å². The highest BCUT2D eigenvalue weighted by Crippen LogP contribution is 2.28. The second-order valence-electron chi connectivity index (χ2n) is 3.92. The maximum absolute atomic E-state index is 14.0. The molecule has 2 aromatic rings. The maximum atomic E-state index is 14.0. The van der Waals surface area contributed by atoms with E-state index in [9.17, 15) is 13.6 Å². The molecule has 4 heteroatoms. The summed E-state index contributed by atoms with van der Waals surface area (Å²) in [5.74, 6) is -3.68. The molecule has 0 saturated carbocycles. The summed E-state index contributed by atoms with van der Waals surface area (Å²) in [6.07, 6.45) is 0. The van der Waals surface area contributed by atoms with Gasteiger partial charge in [0.1, 0.15) is 17.2 Å². The zero-order chi connectivity index (χ0) is 13.3. The average Bonchev–Trinajstić information content (AvgIpc) is 2.34. The minimum atomic E-state index is -1.61. The largest absolute Gasteiger partial charge is 0.477 e. The number of carboxylic acid groups (broad SMARTS) is 1. The van der Waals surface area contributed by atoms with Gasteiger partial charge in [0.2, 0.25) is 0 Å². The number of carboxylic acids is 1. The molecule has 0 spiro atoms. The second kappa shape index (κ2) is 4.56. The van der Waals surface area contributed by atoms with Crippen LogP contribution in [-0.4, -0.2) is 11.1 Å². The molecular formula is C14H10F2O2. The fourth-order valence-electron chi connectivity index (χ4n) is 1.79. The number of rotatable bonds is 2. The zero-order valence-corrected chi connectivity index (χ0v) is 9.58. The molecule has 0 radical (unpaired) electrons. The molecular weight excluding hydrogens is 238 g/mol. The first-order chi connectivity index (χ1) is 8.52. The van der Waals surface area contributed by atoms with E-state index in [-0.39, 0.29) is 11.1 Å². The molecule has 0 aromatic heterocycles. The molecule has 0 fully saturated rings. The molecule has 0 aliphatic rings. The Morgan fingerprint density at radius 1 is 1.11 bits per heavy atom. The summed E-state index contributed by atoms with van der Waals surface area (Å²) in [4.78, 5) is 10.9. The Hall–Kier alpha value is -2.23. The van der Waals surface area contributed by atoms with Crippen molar-refractivity contribution in [2.75, 3.05) is 0 Å². The van der Waals surface area contributed by atoms with Gasteiger partial charge in [-0.2, -0.15) is 0 Å². The Labute approximate surface area is 103 Å². The lowest BCUT2D eigenvalue weighted by molar-refractivity contribution is 0.0686. The van der Waals surface area contributed by atoms with Crippen LogP contribution in [0.25, 0.3) is 11.1 Å². The van der Waals surface area contributed by atoms with E-state index in [4.69, 9.17) is 5.11 Å². The zero-order valence-electron chi connectivity index (χ0n) is 9.58. The monoisotopic (exact) mass is 248 g/mol. The molecule has 18 heavy (non-hydrogen) atoms. The summed E-state index contributed by atoms with van der Waals surface area (Å²) in [6, 6.07) is 9.76. The van der Waals surface area contributed by atoms with Crippen LogP contribution in [0.4, 0.5) is 8.78 Å². The van der Waals surface area contributed by atoms with E-state index in [1.54, 1.807) is 30.3 Å². The van der Waals surface area contributed by atoms with Gasteiger partial charge in [-0.25, -0.2) is 13.6 Å². The van der Waals surface area contributed by atoms with E-state index in [2.05, 4.69) is 0 Å². The van der Waals surface area contributed by atoms with Gasteiger partial charge in [-0.15, -0.1) is 0 Å². The molecule has 0 atom stereocenters. The molecule has 0 bridgehead atoms. The third-order valence-electron chi connectivity index (χ3n) is 2.68. The van der Waals surface area contributed by atoms with Crippen LogP contribution in [0.15, 0.2) is 36.4 Å². The van der Waals surface area contributed by atoms with Crippen molar-refractivity contribution < 1.29 is 18.7 Å². The molecule has 2 nitrogen and oxygen atoms in total. The first-order valence-corrected chi connectivity index (χ1v) is 5.29. The topological polar surface area (TPSA) is 37.3 Å². The Morgan fingerprint density at radius 3 is 2.28 bits per heavy atom. The van der Waals surface area contributed by atoms with E-state index < -0.39 is 23.2 Å². The highest BCUT2D eigenvalue weighted by atomic mass is 19.1. The smallest absolute Gasteiger partial charge is 0.341 e. The van der Waals surface area contributed by atoms with Crippen LogP contribution >= 0.6 is 0 Å². The van der Waals surface area contributed by atoms with E-state index in [0.29, 0.717) is 5.56 Å². The minimum absolute atomic E-state index is 0.0897. The first kappa shape index (κ1) is 12.2. The van der Waals surface area contributed by atoms with Crippen molar-refractivity contribution in [2.45, 2.75) is 6.92 Å². The standard InChI is InChI=1S/C14H10F2O2/c1-8-7-10(9-5-3-2-4-6-9)13(16)11(12(8)15)14(17)18/h2-7H,1H3,(H,17,18). The predicted molar refractivity (Wildman–Crippen MR) is 63.5 cm³/mol. The number of benzene rings is 2. The number of aryl methyl sites for hydroxylation is 1. The molecule has 2 rings (SSSR count). The molecule has 92 valence electrons. The van der Waals surface area contributed by atoms with Gasteiger partial charge in [-0.1, -0.05) is 30.3 Å².